The second-order valence-electron chi connectivity index (χ2n) is 4.58. The molecule has 0 aliphatic carbocycles. The van der Waals surface area contributed by atoms with Crippen molar-refractivity contribution in [1.82, 2.24) is 0 Å². The molecule has 2 heterocycles. The molecule has 4 heteroatoms. The monoisotopic (exact) mass is 248 g/mol. The minimum Gasteiger partial charge on any atom is -0.395 e. The molecule has 2 aliphatic rings. The number of rotatable bonds is 3. The molecule has 0 aromatic heterocycles. The van der Waals surface area contributed by atoms with Crippen LogP contribution in [0.4, 0.5) is 0 Å². The first-order chi connectivity index (χ1) is 7.24. The third-order valence-corrected chi connectivity index (χ3v) is 5.82. The van der Waals surface area contributed by atoms with Gasteiger partial charge in [0.05, 0.1) is 12.2 Å². The van der Waals surface area contributed by atoms with Gasteiger partial charge >= 0.3 is 0 Å². The molecule has 2 aliphatic heterocycles. The lowest BCUT2D eigenvalue weighted by atomic mass is 9.93. The van der Waals surface area contributed by atoms with Gasteiger partial charge in [-0.1, -0.05) is 6.92 Å². The van der Waals surface area contributed by atoms with Gasteiger partial charge in [-0.05, 0) is 25.0 Å². The Morgan fingerprint density at radius 3 is 3.20 bits per heavy atom. The van der Waals surface area contributed by atoms with Crippen LogP contribution in [0.2, 0.25) is 0 Å². The Morgan fingerprint density at radius 1 is 1.67 bits per heavy atom. The molecule has 1 N–H and O–H groups in total. The minimum atomic E-state index is 0.190. The van der Waals surface area contributed by atoms with E-state index in [0.717, 1.165) is 13.0 Å². The van der Waals surface area contributed by atoms with Gasteiger partial charge in [-0.3, -0.25) is 0 Å². The fourth-order valence-electron chi connectivity index (χ4n) is 2.33. The number of aliphatic hydroxyl groups excluding tert-OH is 1. The van der Waals surface area contributed by atoms with Crippen LogP contribution in [0.1, 0.15) is 26.2 Å². The molecule has 0 amide bonds. The Labute approximate surface area is 101 Å². The summed E-state index contributed by atoms with van der Waals surface area (Å²) in [5, 5.41) is 10.1. The van der Waals surface area contributed by atoms with Crippen molar-refractivity contribution in [3.8, 4) is 0 Å². The highest BCUT2D eigenvalue weighted by molar-refractivity contribution is 8.00. The molecule has 2 fully saturated rings. The first kappa shape index (κ1) is 12.1. The lowest BCUT2D eigenvalue weighted by Crippen LogP contribution is -2.41. The Kier molecular flexibility index (Phi) is 4.27. The Bertz CT molecular complexity index is 205. The predicted octanol–water partition coefficient (Wildman–Crippen LogP) is 2.16. The third kappa shape index (κ3) is 3.05. The van der Waals surface area contributed by atoms with Crippen LogP contribution in [0.3, 0.4) is 0 Å². The van der Waals surface area contributed by atoms with Crippen molar-refractivity contribution in [2.75, 3.05) is 24.7 Å². The summed E-state index contributed by atoms with van der Waals surface area (Å²) in [5.41, 5.74) is 0.190. The molecule has 3 unspecified atom stereocenters. The minimum absolute atomic E-state index is 0.190. The number of ether oxygens (including phenoxy) is 1. The fraction of sp³-hybridized carbons (Fsp3) is 1.00. The van der Waals surface area contributed by atoms with Gasteiger partial charge < -0.3 is 9.84 Å². The average Bonchev–Trinajstić information content (AvgIpc) is 2.66. The van der Waals surface area contributed by atoms with Crippen LogP contribution < -0.4 is 0 Å². The van der Waals surface area contributed by atoms with Crippen LogP contribution in [0.25, 0.3) is 0 Å². The Hall–Kier alpha value is 0.620. The molecule has 15 heavy (non-hydrogen) atoms. The summed E-state index contributed by atoms with van der Waals surface area (Å²) in [6.45, 7) is 3.32. The molecule has 1 spiro atoms. The molecule has 3 atom stereocenters. The molecule has 88 valence electrons. The molecular formula is C11H20O2S2. The molecule has 0 aromatic rings. The summed E-state index contributed by atoms with van der Waals surface area (Å²) in [5.74, 6) is 2.44. The number of hydrogen-bond acceptors (Lipinski definition) is 4. The maximum Gasteiger partial charge on any atom is 0.0790 e. The second-order valence-corrected chi connectivity index (χ2v) is 7.43. The summed E-state index contributed by atoms with van der Waals surface area (Å²) in [4.78, 5) is 0. The highest BCUT2D eigenvalue weighted by Gasteiger charge is 2.40. The van der Waals surface area contributed by atoms with Crippen LogP contribution in [0, 0.1) is 0 Å². The van der Waals surface area contributed by atoms with E-state index >= 15 is 0 Å². The fourth-order valence-corrected chi connectivity index (χ4v) is 5.09. The van der Waals surface area contributed by atoms with Crippen molar-refractivity contribution in [1.29, 1.82) is 0 Å². The molecule has 0 radical (unpaired) electrons. The lowest BCUT2D eigenvalue weighted by molar-refractivity contribution is -0.0563. The zero-order valence-corrected chi connectivity index (χ0v) is 10.9. The van der Waals surface area contributed by atoms with Crippen LogP contribution in [-0.2, 0) is 4.74 Å². The van der Waals surface area contributed by atoms with Crippen molar-refractivity contribution in [3.05, 3.63) is 0 Å². The smallest absolute Gasteiger partial charge is 0.0790 e. The summed E-state index contributed by atoms with van der Waals surface area (Å²) >= 11 is 3.96. The van der Waals surface area contributed by atoms with E-state index in [2.05, 4.69) is 6.92 Å². The molecule has 2 saturated heterocycles. The van der Waals surface area contributed by atoms with E-state index in [1.165, 1.54) is 24.3 Å². The SMILES string of the molecule is CC(CO)SC1CCOC2(CCSC2)C1. The van der Waals surface area contributed by atoms with Crippen molar-refractivity contribution in [2.45, 2.75) is 42.3 Å². The van der Waals surface area contributed by atoms with E-state index in [0.29, 0.717) is 17.1 Å². The zero-order valence-electron chi connectivity index (χ0n) is 9.28. The molecule has 0 bridgehead atoms. The van der Waals surface area contributed by atoms with Gasteiger partial charge in [-0.25, -0.2) is 0 Å². The third-order valence-electron chi connectivity index (χ3n) is 3.20. The van der Waals surface area contributed by atoms with Crippen molar-refractivity contribution >= 4 is 23.5 Å². The van der Waals surface area contributed by atoms with Crippen LogP contribution in [0.15, 0.2) is 0 Å². The second kappa shape index (κ2) is 5.30. The van der Waals surface area contributed by atoms with Gasteiger partial charge in [0.25, 0.3) is 0 Å². The number of thioether (sulfide) groups is 2. The first-order valence-electron chi connectivity index (χ1n) is 5.72. The van der Waals surface area contributed by atoms with Crippen molar-refractivity contribution < 1.29 is 9.84 Å². The number of hydrogen-bond donors (Lipinski definition) is 1. The average molecular weight is 248 g/mol. The summed E-state index contributed by atoms with van der Waals surface area (Å²) in [7, 11) is 0. The largest absolute Gasteiger partial charge is 0.395 e. The van der Waals surface area contributed by atoms with E-state index < -0.39 is 0 Å². The summed E-state index contributed by atoms with van der Waals surface area (Å²) in [6, 6.07) is 0. The van der Waals surface area contributed by atoms with Gasteiger partial charge in [-0.15, -0.1) is 0 Å². The Balaban J connectivity index is 1.86. The highest BCUT2D eigenvalue weighted by atomic mass is 32.2. The molecule has 2 nitrogen and oxygen atoms in total. The highest BCUT2D eigenvalue weighted by Crippen LogP contribution is 2.42. The van der Waals surface area contributed by atoms with E-state index in [1.807, 2.05) is 23.5 Å². The van der Waals surface area contributed by atoms with Crippen LogP contribution >= 0.6 is 23.5 Å². The molecule has 0 saturated carbocycles. The van der Waals surface area contributed by atoms with Crippen molar-refractivity contribution in [2.24, 2.45) is 0 Å². The van der Waals surface area contributed by atoms with Crippen LogP contribution in [0.5, 0.6) is 0 Å². The standard InChI is InChI=1S/C11H20O2S2/c1-9(7-12)15-10-2-4-13-11(6-10)3-5-14-8-11/h9-10,12H,2-8H2,1H3. The van der Waals surface area contributed by atoms with E-state index in [9.17, 15) is 0 Å². The molecule has 0 aromatic carbocycles. The maximum absolute atomic E-state index is 9.07. The summed E-state index contributed by atoms with van der Waals surface area (Å²) in [6.07, 6.45) is 3.57. The van der Waals surface area contributed by atoms with E-state index in [-0.39, 0.29) is 5.60 Å². The van der Waals surface area contributed by atoms with E-state index in [1.54, 1.807) is 0 Å². The first-order valence-corrected chi connectivity index (χ1v) is 7.82. The van der Waals surface area contributed by atoms with Gasteiger partial charge in [0.1, 0.15) is 0 Å². The predicted molar refractivity (Wildman–Crippen MR) is 67.8 cm³/mol. The van der Waals surface area contributed by atoms with E-state index in [4.69, 9.17) is 9.84 Å². The molecule has 2 rings (SSSR count). The lowest BCUT2D eigenvalue weighted by Gasteiger charge is -2.38. The Morgan fingerprint density at radius 2 is 2.53 bits per heavy atom. The topological polar surface area (TPSA) is 29.5 Å². The quantitative estimate of drug-likeness (QED) is 0.829. The van der Waals surface area contributed by atoms with Crippen molar-refractivity contribution in [3.63, 3.8) is 0 Å². The van der Waals surface area contributed by atoms with Gasteiger partial charge in [0.15, 0.2) is 0 Å². The van der Waals surface area contributed by atoms with Gasteiger partial charge in [0.2, 0.25) is 0 Å². The zero-order chi connectivity index (χ0) is 10.7. The van der Waals surface area contributed by atoms with Gasteiger partial charge in [0, 0.05) is 22.9 Å². The normalized spacial score (nSPS) is 38.4. The van der Waals surface area contributed by atoms with Crippen LogP contribution in [-0.4, -0.2) is 45.9 Å². The maximum atomic E-state index is 9.07. The van der Waals surface area contributed by atoms with Gasteiger partial charge in [-0.2, -0.15) is 23.5 Å². The summed E-state index contributed by atoms with van der Waals surface area (Å²) < 4.78 is 5.98. The molecular weight excluding hydrogens is 228 g/mol. The number of aliphatic hydroxyl groups is 1.